The van der Waals surface area contributed by atoms with Crippen molar-refractivity contribution in [3.63, 3.8) is 0 Å². The summed E-state index contributed by atoms with van der Waals surface area (Å²) in [4.78, 5) is 11.4. The van der Waals surface area contributed by atoms with Crippen LogP contribution < -0.4 is 10.6 Å². The van der Waals surface area contributed by atoms with Crippen LogP contribution in [0.3, 0.4) is 0 Å². The number of nitrogens with zero attached hydrogens (tertiary/aromatic N) is 1. The molecule has 1 aliphatic rings. The number of rotatable bonds is 6. The number of hydrogen-bond acceptors (Lipinski definition) is 3. The molecule has 1 atom stereocenters. The molecule has 94 valence electrons. The van der Waals surface area contributed by atoms with Crippen molar-refractivity contribution in [1.29, 1.82) is 5.26 Å². The highest BCUT2D eigenvalue weighted by atomic mass is 16.2. The molecule has 1 unspecified atom stereocenters. The van der Waals surface area contributed by atoms with Crippen LogP contribution in [-0.2, 0) is 4.79 Å². The zero-order valence-electron chi connectivity index (χ0n) is 10.2. The van der Waals surface area contributed by atoms with Crippen LogP contribution in [0.4, 0.5) is 0 Å². The van der Waals surface area contributed by atoms with Gasteiger partial charge in [-0.05, 0) is 18.4 Å². The molecule has 0 aliphatic heterocycles. The van der Waals surface area contributed by atoms with Gasteiger partial charge in [-0.3, -0.25) is 4.79 Å². The highest BCUT2D eigenvalue weighted by Gasteiger charge is 2.22. The summed E-state index contributed by atoms with van der Waals surface area (Å²) in [5, 5.41) is 15.0. The van der Waals surface area contributed by atoms with Gasteiger partial charge in [-0.15, -0.1) is 0 Å². The van der Waals surface area contributed by atoms with Gasteiger partial charge in [-0.25, -0.2) is 0 Å². The van der Waals surface area contributed by atoms with Crippen molar-refractivity contribution in [3.8, 4) is 6.07 Å². The maximum atomic E-state index is 11.4. The first-order valence-corrected chi connectivity index (χ1v) is 6.24. The van der Waals surface area contributed by atoms with Crippen LogP contribution in [0.5, 0.6) is 0 Å². The fourth-order valence-corrected chi connectivity index (χ4v) is 1.76. The molecule has 0 radical (unpaired) electrons. The third-order valence-corrected chi connectivity index (χ3v) is 2.93. The fraction of sp³-hybridized carbons (Fsp3) is 0.429. The largest absolute Gasteiger partial charge is 0.352 e. The van der Waals surface area contributed by atoms with Gasteiger partial charge in [0.25, 0.3) is 0 Å². The second kappa shape index (κ2) is 6.18. The topological polar surface area (TPSA) is 64.9 Å². The van der Waals surface area contributed by atoms with Gasteiger partial charge in [0.15, 0.2) is 0 Å². The van der Waals surface area contributed by atoms with Gasteiger partial charge in [0.05, 0.1) is 18.5 Å². The first-order valence-electron chi connectivity index (χ1n) is 6.24. The van der Waals surface area contributed by atoms with E-state index in [0.29, 0.717) is 12.6 Å². The van der Waals surface area contributed by atoms with Gasteiger partial charge in [-0.2, -0.15) is 5.26 Å². The lowest BCUT2D eigenvalue weighted by atomic mass is 10.0. The third kappa shape index (κ3) is 3.86. The average molecular weight is 243 g/mol. The smallest absolute Gasteiger partial charge is 0.234 e. The molecule has 1 aromatic carbocycles. The van der Waals surface area contributed by atoms with Gasteiger partial charge >= 0.3 is 0 Å². The van der Waals surface area contributed by atoms with E-state index >= 15 is 0 Å². The van der Waals surface area contributed by atoms with Gasteiger partial charge in [0.2, 0.25) is 5.91 Å². The minimum absolute atomic E-state index is 0.0160. The zero-order valence-corrected chi connectivity index (χ0v) is 10.2. The van der Waals surface area contributed by atoms with Gasteiger partial charge < -0.3 is 10.6 Å². The van der Waals surface area contributed by atoms with Crippen LogP contribution in [0.1, 0.15) is 24.3 Å². The number of carbonyl (C=O) groups excluding carboxylic acids is 1. The second-order valence-corrected chi connectivity index (χ2v) is 4.57. The highest BCUT2D eigenvalue weighted by molar-refractivity contribution is 5.78. The Morgan fingerprint density at radius 3 is 2.72 bits per heavy atom. The van der Waals surface area contributed by atoms with E-state index in [4.69, 9.17) is 5.26 Å². The van der Waals surface area contributed by atoms with Gasteiger partial charge in [0.1, 0.15) is 0 Å². The lowest BCUT2D eigenvalue weighted by molar-refractivity contribution is -0.120. The summed E-state index contributed by atoms with van der Waals surface area (Å²) in [6.07, 6.45) is 2.19. The van der Waals surface area contributed by atoms with Crippen LogP contribution in [-0.4, -0.2) is 25.0 Å². The van der Waals surface area contributed by atoms with Crippen molar-refractivity contribution in [2.45, 2.75) is 24.8 Å². The van der Waals surface area contributed by atoms with E-state index in [1.165, 1.54) is 0 Å². The van der Waals surface area contributed by atoms with E-state index in [0.717, 1.165) is 18.4 Å². The van der Waals surface area contributed by atoms with Crippen LogP contribution in [0.2, 0.25) is 0 Å². The molecular weight excluding hydrogens is 226 g/mol. The fourth-order valence-electron chi connectivity index (χ4n) is 1.76. The Hall–Kier alpha value is -1.86. The minimum atomic E-state index is -0.208. The molecule has 1 amide bonds. The van der Waals surface area contributed by atoms with Crippen LogP contribution in [0.25, 0.3) is 0 Å². The van der Waals surface area contributed by atoms with Crippen molar-refractivity contribution >= 4 is 5.91 Å². The Balaban J connectivity index is 1.74. The molecule has 1 aliphatic carbocycles. The standard InChI is InChI=1S/C14H17N3O/c15-8-12(11-4-2-1-3-5-11)9-16-10-14(18)17-13-6-7-13/h1-5,12-13,16H,6-7,9-10H2,(H,17,18). The van der Waals surface area contributed by atoms with E-state index in [2.05, 4.69) is 16.7 Å². The Kier molecular flexibility index (Phi) is 4.32. The number of benzene rings is 1. The van der Waals surface area contributed by atoms with E-state index < -0.39 is 0 Å². The Bertz CT molecular complexity index is 434. The molecular formula is C14H17N3O. The molecule has 1 saturated carbocycles. The van der Waals surface area contributed by atoms with E-state index in [-0.39, 0.29) is 18.4 Å². The van der Waals surface area contributed by atoms with Crippen molar-refractivity contribution in [3.05, 3.63) is 35.9 Å². The lowest BCUT2D eigenvalue weighted by Crippen LogP contribution is -2.36. The first kappa shape index (κ1) is 12.6. The molecule has 2 N–H and O–H groups in total. The zero-order chi connectivity index (χ0) is 12.8. The molecule has 1 fully saturated rings. The van der Waals surface area contributed by atoms with Crippen molar-refractivity contribution in [2.75, 3.05) is 13.1 Å². The van der Waals surface area contributed by atoms with Crippen molar-refractivity contribution in [2.24, 2.45) is 0 Å². The Morgan fingerprint density at radius 2 is 2.11 bits per heavy atom. The molecule has 0 aromatic heterocycles. The predicted molar refractivity (Wildman–Crippen MR) is 68.8 cm³/mol. The number of amides is 1. The Morgan fingerprint density at radius 1 is 1.39 bits per heavy atom. The molecule has 0 saturated heterocycles. The number of nitrogens with one attached hydrogen (secondary N) is 2. The lowest BCUT2D eigenvalue weighted by Gasteiger charge is -2.10. The number of hydrogen-bond donors (Lipinski definition) is 2. The molecule has 0 spiro atoms. The van der Waals surface area contributed by atoms with Crippen LogP contribution in [0.15, 0.2) is 30.3 Å². The van der Waals surface area contributed by atoms with E-state index in [1.54, 1.807) is 0 Å². The third-order valence-electron chi connectivity index (χ3n) is 2.93. The summed E-state index contributed by atoms with van der Waals surface area (Å²) in [5.41, 5.74) is 0.982. The predicted octanol–water partition coefficient (Wildman–Crippen LogP) is 1.16. The second-order valence-electron chi connectivity index (χ2n) is 4.57. The summed E-state index contributed by atoms with van der Waals surface area (Å²) in [7, 11) is 0. The Labute approximate surface area is 107 Å². The maximum Gasteiger partial charge on any atom is 0.234 e. The normalized spacial score (nSPS) is 15.7. The summed E-state index contributed by atoms with van der Waals surface area (Å²) in [6.45, 7) is 0.778. The molecule has 0 heterocycles. The summed E-state index contributed by atoms with van der Waals surface area (Å²) >= 11 is 0. The molecule has 4 nitrogen and oxygen atoms in total. The monoisotopic (exact) mass is 243 g/mol. The highest BCUT2D eigenvalue weighted by Crippen LogP contribution is 2.18. The van der Waals surface area contributed by atoms with Gasteiger partial charge in [0, 0.05) is 12.6 Å². The number of nitriles is 1. The summed E-state index contributed by atoms with van der Waals surface area (Å²) < 4.78 is 0. The molecule has 0 bridgehead atoms. The van der Waals surface area contributed by atoms with E-state index in [9.17, 15) is 4.79 Å². The first-order chi connectivity index (χ1) is 8.79. The van der Waals surface area contributed by atoms with Crippen LogP contribution >= 0.6 is 0 Å². The average Bonchev–Trinajstić information content (AvgIpc) is 3.19. The van der Waals surface area contributed by atoms with Crippen molar-refractivity contribution in [1.82, 2.24) is 10.6 Å². The summed E-state index contributed by atoms with van der Waals surface area (Å²) in [5.74, 6) is -0.192. The quantitative estimate of drug-likeness (QED) is 0.788. The minimum Gasteiger partial charge on any atom is -0.352 e. The summed E-state index contributed by atoms with van der Waals surface area (Å²) in [6, 6.07) is 12.3. The van der Waals surface area contributed by atoms with E-state index in [1.807, 2.05) is 30.3 Å². The molecule has 4 heteroatoms. The van der Waals surface area contributed by atoms with Crippen molar-refractivity contribution < 1.29 is 4.79 Å². The SMILES string of the molecule is N#CC(CNCC(=O)NC1CC1)c1ccccc1. The van der Waals surface area contributed by atoms with Crippen LogP contribution in [0, 0.1) is 11.3 Å². The van der Waals surface area contributed by atoms with Gasteiger partial charge in [-0.1, -0.05) is 30.3 Å². The molecule has 1 aromatic rings. The molecule has 2 rings (SSSR count). The maximum absolute atomic E-state index is 11.4. The number of carbonyl (C=O) groups is 1. The molecule has 18 heavy (non-hydrogen) atoms.